The zero-order chi connectivity index (χ0) is 15.9. The first-order valence-electron chi connectivity index (χ1n) is 6.93. The summed E-state index contributed by atoms with van der Waals surface area (Å²) >= 11 is 0. The van der Waals surface area contributed by atoms with Crippen LogP contribution in [0.5, 0.6) is 11.5 Å². The molecule has 0 fully saturated rings. The molecule has 0 spiro atoms. The van der Waals surface area contributed by atoms with Gasteiger partial charge in [0.2, 0.25) is 12.7 Å². The topological polar surface area (TPSA) is 88.4 Å². The van der Waals surface area contributed by atoms with Gasteiger partial charge >= 0.3 is 5.97 Å². The highest BCUT2D eigenvalue weighted by Gasteiger charge is 2.35. The second kappa shape index (κ2) is 5.32. The number of fused-ring (bicyclic) bond motifs is 1. The molecule has 1 unspecified atom stereocenters. The second-order valence-electron chi connectivity index (χ2n) is 5.32. The molecule has 1 aromatic carbocycles. The number of benzene rings is 1. The van der Waals surface area contributed by atoms with Crippen LogP contribution in [0.4, 0.5) is 0 Å². The number of nitrogens with zero attached hydrogens (tertiary/aromatic N) is 2. The molecule has 22 heavy (non-hydrogen) atoms. The first kappa shape index (κ1) is 14.4. The first-order chi connectivity index (χ1) is 10.5. The summed E-state index contributed by atoms with van der Waals surface area (Å²) in [6, 6.07) is 4.30. The lowest BCUT2D eigenvalue weighted by atomic mass is 9.98. The highest BCUT2D eigenvalue weighted by Crippen LogP contribution is 2.33. The van der Waals surface area contributed by atoms with Crippen LogP contribution in [0.25, 0.3) is 0 Å². The number of carbonyl (C=O) groups is 2. The minimum absolute atomic E-state index is 0.181. The molecule has 0 aliphatic carbocycles. The van der Waals surface area contributed by atoms with Gasteiger partial charge < -0.3 is 19.5 Å². The number of likely N-dealkylation sites (N-methyl/N-ethyl adjacent to an activating group) is 1. The van der Waals surface area contributed by atoms with Crippen molar-refractivity contribution in [2.45, 2.75) is 25.4 Å². The molecule has 2 atom stereocenters. The van der Waals surface area contributed by atoms with Crippen LogP contribution in [0.3, 0.4) is 0 Å². The van der Waals surface area contributed by atoms with Gasteiger partial charge in [-0.1, -0.05) is 0 Å². The number of aliphatic imine (C=N–C) groups is 1. The minimum atomic E-state index is -1.05. The predicted octanol–water partition coefficient (Wildman–Crippen LogP) is 0.908. The van der Waals surface area contributed by atoms with E-state index in [1.807, 2.05) is 13.0 Å². The van der Waals surface area contributed by atoms with Gasteiger partial charge in [-0.15, -0.1) is 0 Å². The molecular formula is C15H16N2O5. The van der Waals surface area contributed by atoms with E-state index in [2.05, 4.69) is 4.99 Å². The molecule has 7 nitrogen and oxygen atoms in total. The van der Waals surface area contributed by atoms with Crippen molar-refractivity contribution in [1.29, 1.82) is 0 Å². The zero-order valence-electron chi connectivity index (χ0n) is 12.3. The van der Waals surface area contributed by atoms with E-state index < -0.39 is 12.0 Å². The molecule has 0 saturated carbocycles. The molecule has 0 saturated heterocycles. The van der Waals surface area contributed by atoms with E-state index in [0.29, 0.717) is 17.2 Å². The van der Waals surface area contributed by atoms with Crippen molar-refractivity contribution in [1.82, 2.24) is 4.90 Å². The zero-order valence-corrected chi connectivity index (χ0v) is 12.3. The molecule has 2 aliphatic rings. The van der Waals surface area contributed by atoms with Crippen molar-refractivity contribution in [3.05, 3.63) is 23.8 Å². The number of hydrogen-bond donors (Lipinski definition) is 1. The largest absolute Gasteiger partial charge is 0.481 e. The molecule has 1 amide bonds. The van der Waals surface area contributed by atoms with Crippen LogP contribution >= 0.6 is 0 Å². The number of amides is 1. The molecule has 0 bridgehead atoms. The Kier molecular flexibility index (Phi) is 3.48. The number of ether oxygens (including phenoxy) is 2. The van der Waals surface area contributed by atoms with E-state index in [-0.39, 0.29) is 25.2 Å². The highest BCUT2D eigenvalue weighted by molar-refractivity contribution is 6.09. The van der Waals surface area contributed by atoms with Crippen molar-refractivity contribution in [3.63, 3.8) is 0 Å². The summed E-state index contributed by atoms with van der Waals surface area (Å²) in [5, 5.41) is 8.94. The minimum Gasteiger partial charge on any atom is -0.481 e. The van der Waals surface area contributed by atoms with Gasteiger partial charge in [0.15, 0.2) is 11.5 Å². The van der Waals surface area contributed by atoms with Crippen LogP contribution in [0.15, 0.2) is 23.2 Å². The Morgan fingerprint density at radius 3 is 2.86 bits per heavy atom. The summed E-state index contributed by atoms with van der Waals surface area (Å²) in [6.07, 6.45) is -0.316. The van der Waals surface area contributed by atoms with Gasteiger partial charge in [-0.2, -0.15) is 0 Å². The molecule has 2 aliphatic heterocycles. The van der Waals surface area contributed by atoms with Crippen molar-refractivity contribution < 1.29 is 24.2 Å². The van der Waals surface area contributed by atoms with Gasteiger partial charge in [0.25, 0.3) is 0 Å². The fourth-order valence-corrected chi connectivity index (χ4v) is 2.61. The lowest BCUT2D eigenvalue weighted by Crippen LogP contribution is -2.50. The summed E-state index contributed by atoms with van der Waals surface area (Å²) in [5.41, 5.74) is 1.47. The third kappa shape index (κ3) is 2.38. The fraction of sp³-hybridized carbons (Fsp3) is 0.400. The molecule has 2 heterocycles. The molecule has 0 aromatic heterocycles. The average molecular weight is 304 g/mol. The summed E-state index contributed by atoms with van der Waals surface area (Å²) in [4.78, 5) is 29.0. The molecule has 1 N–H and O–H groups in total. The van der Waals surface area contributed by atoms with E-state index >= 15 is 0 Å². The smallest absolute Gasteiger partial charge is 0.306 e. The van der Waals surface area contributed by atoms with Crippen LogP contribution in [-0.4, -0.2) is 53.5 Å². The fourth-order valence-electron chi connectivity index (χ4n) is 2.61. The first-order valence-corrected chi connectivity index (χ1v) is 6.93. The SMILES string of the molecule is CC1C(c2ccc3c(c2)OCO3)=N[C@@H](CC(=O)O)C(=O)N1C. The number of carboxylic acid groups (broad SMARTS) is 1. The van der Waals surface area contributed by atoms with Crippen LogP contribution in [0.2, 0.25) is 0 Å². The van der Waals surface area contributed by atoms with E-state index in [4.69, 9.17) is 14.6 Å². The Morgan fingerprint density at radius 2 is 2.14 bits per heavy atom. The summed E-state index contributed by atoms with van der Waals surface area (Å²) in [5.74, 6) is -0.0319. The highest BCUT2D eigenvalue weighted by atomic mass is 16.7. The van der Waals surface area contributed by atoms with Gasteiger partial charge in [0.1, 0.15) is 6.04 Å². The summed E-state index contributed by atoms with van der Waals surface area (Å²) in [6.45, 7) is 2.04. The predicted molar refractivity (Wildman–Crippen MR) is 77.4 cm³/mol. The van der Waals surface area contributed by atoms with Crippen LogP contribution in [0.1, 0.15) is 18.9 Å². The molecule has 7 heteroatoms. The molecule has 3 rings (SSSR count). The third-order valence-electron chi connectivity index (χ3n) is 3.94. The Bertz CT molecular complexity index is 670. The standard InChI is InChI=1S/C15H16N2O5/c1-8-14(9-3-4-11-12(5-9)22-7-21-11)16-10(6-13(18)19)15(20)17(8)2/h3-5,8,10H,6-7H2,1-2H3,(H,18,19)/t8?,10-/m0/s1. The summed E-state index contributed by atoms with van der Waals surface area (Å²) < 4.78 is 10.6. The molecular weight excluding hydrogens is 288 g/mol. The van der Waals surface area contributed by atoms with Gasteiger partial charge in [-0.25, -0.2) is 0 Å². The van der Waals surface area contributed by atoms with Gasteiger partial charge in [0.05, 0.1) is 18.2 Å². The maximum atomic E-state index is 12.1. The van der Waals surface area contributed by atoms with E-state index in [9.17, 15) is 9.59 Å². The number of rotatable bonds is 3. The summed E-state index contributed by atoms with van der Waals surface area (Å²) in [7, 11) is 1.66. The van der Waals surface area contributed by atoms with Crippen molar-refractivity contribution >= 4 is 17.6 Å². The lowest BCUT2D eigenvalue weighted by Gasteiger charge is -2.33. The number of carbonyl (C=O) groups excluding carboxylic acids is 1. The van der Waals surface area contributed by atoms with Gasteiger partial charge in [0, 0.05) is 12.6 Å². The van der Waals surface area contributed by atoms with Gasteiger partial charge in [-0.3, -0.25) is 14.6 Å². The van der Waals surface area contributed by atoms with Crippen molar-refractivity contribution in [2.75, 3.05) is 13.8 Å². The molecule has 0 radical (unpaired) electrons. The van der Waals surface area contributed by atoms with Gasteiger partial charge in [-0.05, 0) is 25.1 Å². The van der Waals surface area contributed by atoms with Crippen LogP contribution in [-0.2, 0) is 9.59 Å². The van der Waals surface area contributed by atoms with E-state index in [1.165, 1.54) is 4.90 Å². The third-order valence-corrected chi connectivity index (χ3v) is 3.94. The van der Waals surface area contributed by atoms with E-state index in [0.717, 1.165) is 5.56 Å². The van der Waals surface area contributed by atoms with Crippen LogP contribution in [0, 0.1) is 0 Å². The number of aliphatic carboxylic acids is 1. The van der Waals surface area contributed by atoms with Crippen LogP contribution < -0.4 is 9.47 Å². The maximum Gasteiger partial charge on any atom is 0.306 e. The second-order valence-corrected chi connectivity index (χ2v) is 5.32. The Labute approximate surface area is 127 Å². The molecule has 116 valence electrons. The number of hydrogen-bond acceptors (Lipinski definition) is 5. The Balaban J connectivity index is 1.99. The quantitative estimate of drug-likeness (QED) is 0.896. The maximum absolute atomic E-state index is 12.1. The Morgan fingerprint density at radius 1 is 1.41 bits per heavy atom. The normalized spacial score (nSPS) is 23.5. The van der Waals surface area contributed by atoms with Crippen molar-refractivity contribution in [2.24, 2.45) is 4.99 Å². The molecule has 1 aromatic rings. The lowest BCUT2D eigenvalue weighted by molar-refractivity contribution is -0.142. The van der Waals surface area contributed by atoms with E-state index in [1.54, 1.807) is 19.2 Å². The Hall–Kier alpha value is -2.57. The average Bonchev–Trinajstić information content (AvgIpc) is 2.95. The van der Waals surface area contributed by atoms with Crippen molar-refractivity contribution in [3.8, 4) is 11.5 Å². The monoisotopic (exact) mass is 304 g/mol. The number of carboxylic acids is 1.